The molecule has 6 nitrogen and oxygen atoms in total. The Hall–Kier alpha value is -1.69. The van der Waals surface area contributed by atoms with Gasteiger partial charge in [-0.05, 0) is 19.3 Å². The number of carbonyl (C=O) groups excluding carboxylic acids is 1. The highest BCUT2D eigenvalue weighted by Crippen LogP contribution is 2.23. The van der Waals surface area contributed by atoms with Gasteiger partial charge in [-0.25, -0.2) is 9.97 Å². The Balaban J connectivity index is 2.01. The van der Waals surface area contributed by atoms with Gasteiger partial charge in [-0.2, -0.15) is 0 Å². The number of primary amides is 1. The minimum atomic E-state index is -0.521. The second-order valence-corrected chi connectivity index (χ2v) is 4.12. The highest BCUT2D eigenvalue weighted by Gasteiger charge is 2.27. The molecule has 0 unspecified atom stereocenters. The monoisotopic (exact) mass is 236 g/mol. The molecule has 1 fully saturated rings. The quantitative estimate of drug-likeness (QED) is 0.797. The predicted octanol–water partition coefficient (Wildman–Crippen LogP) is 0.555. The average molecular weight is 236 g/mol. The van der Waals surface area contributed by atoms with Crippen molar-refractivity contribution < 1.29 is 9.53 Å². The van der Waals surface area contributed by atoms with Crippen molar-refractivity contribution in [2.24, 2.45) is 5.73 Å². The summed E-state index contributed by atoms with van der Waals surface area (Å²) in [6.07, 6.45) is 6.28. The Morgan fingerprint density at radius 3 is 2.76 bits per heavy atom. The summed E-state index contributed by atoms with van der Waals surface area (Å²) in [4.78, 5) is 19.0. The zero-order valence-corrected chi connectivity index (χ0v) is 9.72. The maximum atomic E-state index is 10.9. The molecule has 6 heteroatoms. The van der Waals surface area contributed by atoms with Gasteiger partial charge in [0.2, 0.25) is 5.95 Å². The number of nitrogens with two attached hydrogens (primary N) is 1. The molecule has 0 spiro atoms. The number of aromatic nitrogens is 2. The van der Waals surface area contributed by atoms with Gasteiger partial charge in [-0.1, -0.05) is 0 Å². The maximum Gasteiger partial charge on any atom is 0.251 e. The zero-order valence-electron chi connectivity index (χ0n) is 9.72. The number of hydrogen-bond acceptors (Lipinski definition) is 5. The predicted molar refractivity (Wildman–Crippen MR) is 62.6 cm³/mol. The molecule has 0 bridgehead atoms. The van der Waals surface area contributed by atoms with Crippen molar-refractivity contribution in [1.82, 2.24) is 9.97 Å². The van der Waals surface area contributed by atoms with Gasteiger partial charge < -0.3 is 15.8 Å². The highest BCUT2D eigenvalue weighted by atomic mass is 16.5. The third-order valence-corrected chi connectivity index (χ3v) is 3.01. The fraction of sp³-hybridized carbons (Fsp3) is 0.545. The van der Waals surface area contributed by atoms with Crippen LogP contribution in [0.5, 0.6) is 0 Å². The second kappa shape index (κ2) is 5.09. The fourth-order valence-electron chi connectivity index (χ4n) is 2.07. The Bertz CT molecular complexity index is 393. The van der Waals surface area contributed by atoms with Gasteiger partial charge in [-0.3, -0.25) is 4.79 Å². The minimum absolute atomic E-state index is 0.203. The van der Waals surface area contributed by atoms with Crippen LogP contribution in [0.1, 0.15) is 29.6 Å². The molecule has 0 radical (unpaired) electrons. The molecular formula is C11H16N4O2. The highest BCUT2D eigenvalue weighted by molar-refractivity contribution is 5.92. The molecule has 1 aromatic heterocycles. The number of amides is 1. The number of nitrogens with one attached hydrogen (secondary N) is 1. The topological polar surface area (TPSA) is 90.1 Å². The number of hydrogen-bond donors (Lipinski definition) is 2. The van der Waals surface area contributed by atoms with Crippen LogP contribution >= 0.6 is 0 Å². The van der Waals surface area contributed by atoms with Crippen molar-refractivity contribution in [1.29, 1.82) is 0 Å². The SMILES string of the molecule is CO[C@H]1CCC[C@@H]1Nc1ncc(C(N)=O)cn1. The first-order valence-electron chi connectivity index (χ1n) is 5.62. The summed E-state index contributed by atoms with van der Waals surface area (Å²) in [5.41, 5.74) is 5.42. The van der Waals surface area contributed by atoms with E-state index in [1.807, 2.05) is 0 Å². The van der Waals surface area contributed by atoms with E-state index in [4.69, 9.17) is 10.5 Å². The lowest BCUT2D eigenvalue weighted by Gasteiger charge is -2.19. The first-order chi connectivity index (χ1) is 8.20. The molecule has 17 heavy (non-hydrogen) atoms. The van der Waals surface area contributed by atoms with Crippen LogP contribution in [0, 0.1) is 0 Å². The molecule has 1 aliphatic rings. The van der Waals surface area contributed by atoms with Gasteiger partial charge >= 0.3 is 0 Å². The molecule has 0 saturated heterocycles. The minimum Gasteiger partial charge on any atom is -0.379 e. The number of methoxy groups -OCH3 is 1. The molecule has 1 heterocycles. The van der Waals surface area contributed by atoms with Crippen molar-refractivity contribution in [2.75, 3.05) is 12.4 Å². The molecule has 1 aliphatic carbocycles. The van der Waals surface area contributed by atoms with Crippen molar-refractivity contribution in [3.63, 3.8) is 0 Å². The molecule has 1 saturated carbocycles. The summed E-state index contributed by atoms with van der Waals surface area (Å²) in [5, 5.41) is 3.21. The van der Waals surface area contributed by atoms with E-state index in [1.165, 1.54) is 12.4 Å². The van der Waals surface area contributed by atoms with Gasteiger partial charge in [0, 0.05) is 19.5 Å². The van der Waals surface area contributed by atoms with E-state index in [1.54, 1.807) is 7.11 Å². The summed E-state index contributed by atoms with van der Waals surface area (Å²) in [6.45, 7) is 0. The Kier molecular flexibility index (Phi) is 3.53. The molecule has 3 N–H and O–H groups in total. The number of anilines is 1. The number of ether oxygens (including phenoxy) is 1. The largest absolute Gasteiger partial charge is 0.379 e. The van der Waals surface area contributed by atoms with Gasteiger partial charge in [-0.15, -0.1) is 0 Å². The van der Waals surface area contributed by atoms with E-state index in [0.29, 0.717) is 11.5 Å². The van der Waals surface area contributed by atoms with Crippen LogP contribution in [0.2, 0.25) is 0 Å². The molecule has 2 atom stereocenters. The maximum absolute atomic E-state index is 10.9. The van der Waals surface area contributed by atoms with E-state index in [0.717, 1.165) is 19.3 Å². The van der Waals surface area contributed by atoms with E-state index in [2.05, 4.69) is 15.3 Å². The third kappa shape index (κ3) is 2.71. The zero-order chi connectivity index (χ0) is 12.3. The average Bonchev–Trinajstić information content (AvgIpc) is 2.77. The van der Waals surface area contributed by atoms with Crippen LogP contribution in [-0.4, -0.2) is 35.1 Å². The normalized spacial score (nSPS) is 23.6. The lowest BCUT2D eigenvalue weighted by atomic mass is 10.2. The lowest BCUT2D eigenvalue weighted by Crippen LogP contribution is -2.30. The molecular weight excluding hydrogens is 220 g/mol. The van der Waals surface area contributed by atoms with Gasteiger partial charge in [0.05, 0.1) is 17.7 Å². The Morgan fingerprint density at radius 2 is 2.18 bits per heavy atom. The van der Waals surface area contributed by atoms with Crippen LogP contribution in [-0.2, 0) is 4.74 Å². The van der Waals surface area contributed by atoms with E-state index in [9.17, 15) is 4.79 Å². The number of carbonyl (C=O) groups is 1. The fourth-order valence-corrected chi connectivity index (χ4v) is 2.07. The van der Waals surface area contributed by atoms with Crippen LogP contribution in [0.25, 0.3) is 0 Å². The third-order valence-electron chi connectivity index (χ3n) is 3.01. The van der Waals surface area contributed by atoms with Gasteiger partial charge in [0.1, 0.15) is 0 Å². The van der Waals surface area contributed by atoms with Crippen LogP contribution in [0.4, 0.5) is 5.95 Å². The first kappa shape index (κ1) is 11.8. The first-order valence-corrected chi connectivity index (χ1v) is 5.62. The number of nitrogens with zero attached hydrogens (tertiary/aromatic N) is 2. The smallest absolute Gasteiger partial charge is 0.251 e. The van der Waals surface area contributed by atoms with E-state index in [-0.39, 0.29) is 12.1 Å². The summed E-state index contributed by atoms with van der Waals surface area (Å²) in [6, 6.07) is 0.236. The van der Waals surface area contributed by atoms with Crippen LogP contribution < -0.4 is 11.1 Å². The van der Waals surface area contributed by atoms with Crippen molar-refractivity contribution in [2.45, 2.75) is 31.4 Å². The summed E-state index contributed by atoms with van der Waals surface area (Å²) in [7, 11) is 1.71. The van der Waals surface area contributed by atoms with Gasteiger partial charge in [0.15, 0.2) is 0 Å². The molecule has 2 rings (SSSR count). The molecule has 1 amide bonds. The van der Waals surface area contributed by atoms with Crippen molar-refractivity contribution in [3.8, 4) is 0 Å². The molecule has 92 valence electrons. The molecule has 0 aromatic carbocycles. The van der Waals surface area contributed by atoms with Crippen LogP contribution in [0.3, 0.4) is 0 Å². The summed E-state index contributed by atoms with van der Waals surface area (Å²) < 4.78 is 5.37. The Morgan fingerprint density at radius 1 is 1.47 bits per heavy atom. The summed E-state index contributed by atoms with van der Waals surface area (Å²) in [5.74, 6) is -0.0175. The van der Waals surface area contributed by atoms with E-state index >= 15 is 0 Å². The standard InChI is InChI=1S/C11H16N4O2/c1-17-9-4-2-3-8(9)15-11-13-5-7(6-14-11)10(12)16/h5-6,8-9H,2-4H2,1H3,(H2,12,16)(H,13,14,15)/t8-,9-/m0/s1. The molecule has 1 aromatic rings. The molecule has 0 aliphatic heterocycles. The lowest BCUT2D eigenvalue weighted by molar-refractivity contribution is 0.0997. The van der Waals surface area contributed by atoms with E-state index < -0.39 is 5.91 Å². The van der Waals surface area contributed by atoms with Gasteiger partial charge in [0.25, 0.3) is 5.91 Å². The number of rotatable bonds is 4. The van der Waals surface area contributed by atoms with Crippen molar-refractivity contribution >= 4 is 11.9 Å². The van der Waals surface area contributed by atoms with Crippen LogP contribution in [0.15, 0.2) is 12.4 Å². The summed E-state index contributed by atoms with van der Waals surface area (Å²) >= 11 is 0. The van der Waals surface area contributed by atoms with Crippen molar-refractivity contribution in [3.05, 3.63) is 18.0 Å². The Labute approximate surface area is 99.6 Å². The second-order valence-electron chi connectivity index (χ2n) is 4.12.